The lowest BCUT2D eigenvalue weighted by molar-refractivity contribution is -0.122. The summed E-state index contributed by atoms with van der Waals surface area (Å²) in [5, 5.41) is 13.0. The van der Waals surface area contributed by atoms with E-state index >= 15 is 0 Å². The van der Waals surface area contributed by atoms with Crippen molar-refractivity contribution < 1.29 is 9.90 Å². The third-order valence-corrected chi connectivity index (χ3v) is 4.23. The van der Waals surface area contributed by atoms with Gasteiger partial charge in [-0.25, -0.2) is 0 Å². The van der Waals surface area contributed by atoms with Crippen LogP contribution in [-0.4, -0.2) is 23.2 Å². The lowest BCUT2D eigenvalue weighted by Gasteiger charge is -2.22. The molecule has 1 aromatic rings. The maximum absolute atomic E-state index is 11.8. The number of amides is 1. The first-order valence-corrected chi connectivity index (χ1v) is 7.60. The molecule has 0 bridgehead atoms. The summed E-state index contributed by atoms with van der Waals surface area (Å²) in [4.78, 5) is 11.8. The Morgan fingerprint density at radius 2 is 1.89 bits per heavy atom. The van der Waals surface area contributed by atoms with Crippen LogP contribution in [0.4, 0.5) is 0 Å². The summed E-state index contributed by atoms with van der Waals surface area (Å²) in [5.74, 6) is 0.0169. The normalized spacial score (nSPS) is 17.4. The lowest BCUT2D eigenvalue weighted by atomic mass is 10.0. The SMILES string of the molecule is O=C(CCc1ccc(Br)cc1)NCC1(O)CCCC1. The average Bonchev–Trinajstić information content (AvgIpc) is 2.83. The topological polar surface area (TPSA) is 49.3 Å². The first-order chi connectivity index (χ1) is 9.07. The van der Waals surface area contributed by atoms with Gasteiger partial charge in [0, 0.05) is 17.4 Å². The Labute approximate surface area is 122 Å². The van der Waals surface area contributed by atoms with Crippen LogP contribution in [0, 0.1) is 0 Å². The van der Waals surface area contributed by atoms with Gasteiger partial charge >= 0.3 is 0 Å². The molecule has 4 heteroatoms. The molecule has 0 saturated heterocycles. The fourth-order valence-corrected chi connectivity index (χ4v) is 2.73. The maximum Gasteiger partial charge on any atom is 0.220 e. The number of aliphatic hydroxyl groups is 1. The molecular weight excluding hydrogens is 306 g/mol. The Hall–Kier alpha value is -0.870. The molecule has 1 amide bonds. The van der Waals surface area contributed by atoms with E-state index in [0.717, 1.165) is 42.1 Å². The quantitative estimate of drug-likeness (QED) is 0.874. The van der Waals surface area contributed by atoms with Crippen LogP contribution in [0.2, 0.25) is 0 Å². The van der Waals surface area contributed by atoms with Gasteiger partial charge in [0.05, 0.1) is 5.60 Å². The molecule has 1 saturated carbocycles. The molecule has 19 heavy (non-hydrogen) atoms. The molecule has 1 aliphatic carbocycles. The molecule has 0 aliphatic heterocycles. The zero-order chi connectivity index (χ0) is 13.7. The molecule has 3 nitrogen and oxygen atoms in total. The van der Waals surface area contributed by atoms with Crippen LogP contribution in [0.1, 0.15) is 37.7 Å². The van der Waals surface area contributed by atoms with Gasteiger partial charge in [-0.05, 0) is 37.0 Å². The van der Waals surface area contributed by atoms with Gasteiger partial charge in [0.15, 0.2) is 0 Å². The minimum Gasteiger partial charge on any atom is -0.388 e. The van der Waals surface area contributed by atoms with Crippen LogP contribution < -0.4 is 5.32 Å². The first kappa shape index (κ1) is 14.5. The van der Waals surface area contributed by atoms with Gasteiger partial charge in [-0.15, -0.1) is 0 Å². The van der Waals surface area contributed by atoms with E-state index in [1.165, 1.54) is 0 Å². The Bertz CT molecular complexity index is 424. The number of halogens is 1. The van der Waals surface area contributed by atoms with Crippen molar-refractivity contribution in [2.75, 3.05) is 6.54 Å². The Morgan fingerprint density at radius 3 is 2.53 bits per heavy atom. The summed E-state index contributed by atoms with van der Waals surface area (Å²) in [6, 6.07) is 7.99. The molecule has 0 spiro atoms. The zero-order valence-corrected chi connectivity index (χ0v) is 12.6. The van der Waals surface area contributed by atoms with E-state index in [9.17, 15) is 9.90 Å². The van der Waals surface area contributed by atoms with Gasteiger partial charge in [0.1, 0.15) is 0 Å². The summed E-state index contributed by atoms with van der Waals surface area (Å²) < 4.78 is 1.05. The van der Waals surface area contributed by atoms with E-state index in [4.69, 9.17) is 0 Å². The van der Waals surface area contributed by atoms with Crippen molar-refractivity contribution in [1.29, 1.82) is 0 Å². The third-order valence-electron chi connectivity index (χ3n) is 3.70. The van der Waals surface area contributed by atoms with Gasteiger partial charge in [-0.3, -0.25) is 4.79 Å². The van der Waals surface area contributed by atoms with Crippen LogP contribution >= 0.6 is 15.9 Å². The summed E-state index contributed by atoms with van der Waals surface area (Å²) in [6.07, 6.45) is 4.94. The Balaban J connectivity index is 1.71. The third kappa shape index (κ3) is 4.62. The smallest absolute Gasteiger partial charge is 0.220 e. The molecule has 1 fully saturated rings. The molecule has 1 aromatic carbocycles. The highest BCUT2D eigenvalue weighted by atomic mass is 79.9. The van der Waals surface area contributed by atoms with Gasteiger partial charge in [0.25, 0.3) is 0 Å². The Morgan fingerprint density at radius 1 is 1.26 bits per heavy atom. The van der Waals surface area contributed by atoms with Crippen LogP contribution in [0.15, 0.2) is 28.7 Å². The van der Waals surface area contributed by atoms with Gasteiger partial charge in [-0.1, -0.05) is 40.9 Å². The summed E-state index contributed by atoms with van der Waals surface area (Å²) in [6.45, 7) is 0.395. The predicted molar refractivity (Wildman–Crippen MR) is 78.9 cm³/mol. The number of nitrogens with one attached hydrogen (secondary N) is 1. The average molecular weight is 326 g/mol. The number of aryl methyl sites for hydroxylation is 1. The second-order valence-electron chi connectivity index (χ2n) is 5.33. The van der Waals surface area contributed by atoms with Crippen molar-refractivity contribution in [3.63, 3.8) is 0 Å². The monoisotopic (exact) mass is 325 g/mol. The molecule has 2 N–H and O–H groups in total. The van der Waals surface area contributed by atoms with Crippen LogP contribution in [0.5, 0.6) is 0 Å². The molecule has 1 aliphatic rings. The van der Waals surface area contributed by atoms with Crippen molar-refractivity contribution in [3.8, 4) is 0 Å². The molecule has 0 unspecified atom stereocenters. The summed E-state index contributed by atoms with van der Waals surface area (Å²) in [5.41, 5.74) is 0.491. The predicted octanol–water partition coefficient (Wildman–Crippen LogP) is 2.80. The molecule has 0 aromatic heterocycles. The molecule has 0 heterocycles. The molecule has 0 radical (unpaired) electrons. The van der Waals surface area contributed by atoms with Gasteiger partial charge < -0.3 is 10.4 Å². The number of rotatable bonds is 5. The van der Waals surface area contributed by atoms with Crippen molar-refractivity contribution in [2.24, 2.45) is 0 Å². The lowest BCUT2D eigenvalue weighted by Crippen LogP contribution is -2.40. The minimum absolute atomic E-state index is 0.0169. The molecular formula is C15H20BrNO2. The molecule has 0 atom stereocenters. The molecule has 2 rings (SSSR count). The highest BCUT2D eigenvalue weighted by molar-refractivity contribution is 9.10. The second-order valence-corrected chi connectivity index (χ2v) is 6.25. The number of benzene rings is 1. The van der Waals surface area contributed by atoms with E-state index < -0.39 is 5.60 Å². The second kappa shape index (κ2) is 6.53. The van der Waals surface area contributed by atoms with Crippen LogP contribution in [-0.2, 0) is 11.2 Å². The highest BCUT2D eigenvalue weighted by Gasteiger charge is 2.31. The van der Waals surface area contributed by atoms with E-state index in [1.807, 2.05) is 24.3 Å². The summed E-state index contributed by atoms with van der Waals surface area (Å²) in [7, 11) is 0. The van der Waals surface area contributed by atoms with Crippen molar-refractivity contribution in [1.82, 2.24) is 5.32 Å². The Kier molecular flexibility index (Phi) is 4.99. The van der Waals surface area contributed by atoms with Gasteiger partial charge in [0.2, 0.25) is 5.91 Å². The van der Waals surface area contributed by atoms with Crippen molar-refractivity contribution >= 4 is 21.8 Å². The number of carbonyl (C=O) groups excluding carboxylic acids is 1. The highest BCUT2D eigenvalue weighted by Crippen LogP contribution is 2.28. The largest absolute Gasteiger partial charge is 0.388 e. The van der Waals surface area contributed by atoms with E-state index in [0.29, 0.717) is 13.0 Å². The number of hydrogen-bond acceptors (Lipinski definition) is 2. The van der Waals surface area contributed by atoms with E-state index in [-0.39, 0.29) is 5.91 Å². The zero-order valence-electron chi connectivity index (χ0n) is 11.0. The van der Waals surface area contributed by atoms with E-state index in [1.54, 1.807) is 0 Å². The van der Waals surface area contributed by atoms with Crippen molar-refractivity contribution in [3.05, 3.63) is 34.3 Å². The van der Waals surface area contributed by atoms with Crippen LogP contribution in [0.25, 0.3) is 0 Å². The maximum atomic E-state index is 11.8. The van der Waals surface area contributed by atoms with Gasteiger partial charge in [-0.2, -0.15) is 0 Å². The minimum atomic E-state index is -0.659. The number of carbonyl (C=O) groups is 1. The van der Waals surface area contributed by atoms with Crippen LogP contribution in [0.3, 0.4) is 0 Å². The molecule has 104 valence electrons. The fourth-order valence-electron chi connectivity index (χ4n) is 2.47. The first-order valence-electron chi connectivity index (χ1n) is 6.81. The number of hydrogen-bond donors (Lipinski definition) is 2. The summed E-state index contributed by atoms with van der Waals surface area (Å²) >= 11 is 3.39. The van der Waals surface area contributed by atoms with E-state index in [2.05, 4.69) is 21.2 Å². The fraction of sp³-hybridized carbons (Fsp3) is 0.533. The standard InChI is InChI=1S/C15H20BrNO2/c16-13-6-3-12(4-7-13)5-8-14(18)17-11-15(19)9-1-2-10-15/h3-4,6-7,19H,1-2,5,8-11H2,(H,17,18). The van der Waals surface area contributed by atoms with Crippen molar-refractivity contribution in [2.45, 2.75) is 44.1 Å².